The van der Waals surface area contributed by atoms with Crippen LogP contribution in [0.4, 0.5) is 5.69 Å². The molecule has 1 heterocycles. The van der Waals surface area contributed by atoms with Gasteiger partial charge in [0.1, 0.15) is 5.52 Å². The average molecular weight is 410 g/mol. The quantitative estimate of drug-likeness (QED) is 0.423. The summed E-state index contributed by atoms with van der Waals surface area (Å²) >= 11 is 0. The van der Waals surface area contributed by atoms with Crippen molar-refractivity contribution >= 4 is 34.7 Å². The first-order valence-electron chi connectivity index (χ1n) is 9.49. The van der Waals surface area contributed by atoms with Gasteiger partial charge in [0, 0.05) is 23.9 Å². The predicted octanol–water partition coefficient (Wildman–Crippen LogP) is 3.82. The zero-order valence-corrected chi connectivity index (χ0v) is 16.7. The van der Waals surface area contributed by atoms with Crippen LogP contribution in [-0.4, -0.2) is 36.7 Å². The SMILES string of the molecule is CCOc1ccc(NC(=O)COC(=O)/C=C/c2nc3ccccc3o2)cc1OCC. The minimum absolute atomic E-state index is 0.274. The van der Waals surface area contributed by atoms with Crippen molar-refractivity contribution in [2.45, 2.75) is 13.8 Å². The zero-order valence-electron chi connectivity index (χ0n) is 16.7. The molecule has 1 amide bonds. The number of esters is 1. The summed E-state index contributed by atoms with van der Waals surface area (Å²) in [6, 6.07) is 12.3. The third-order valence-corrected chi connectivity index (χ3v) is 3.85. The summed E-state index contributed by atoms with van der Waals surface area (Å²) in [5.74, 6) is 0.221. The van der Waals surface area contributed by atoms with E-state index < -0.39 is 18.5 Å². The third kappa shape index (κ3) is 5.60. The number of nitrogens with one attached hydrogen (secondary N) is 1. The highest BCUT2D eigenvalue weighted by atomic mass is 16.5. The minimum atomic E-state index is -0.686. The number of rotatable bonds is 9. The molecule has 30 heavy (non-hydrogen) atoms. The Labute approximate surface area is 173 Å². The first-order chi connectivity index (χ1) is 14.6. The Morgan fingerprint density at radius 2 is 1.83 bits per heavy atom. The molecule has 0 aliphatic carbocycles. The Morgan fingerprint density at radius 3 is 2.60 bits per heavy atom. The molecule has 0 bridgehead atoms. The number of ether oxygens (including phenoxy) is 3. The molecular formula is C22H22N2O6. The van der Waals surface area contributed by atoms with Gasteiger partial charge in [0.15, 0.2) is 23.7 Å². The van der Waals surface area contributed by atoms with Crippen LogP contribution in [0.5, 0.6) is 11.5 Å². The lowest BCUT2D eigenvalue weighted by Crippen LogP contribution is -2.20. The highest BCUT2D eigenvalue weighted by molar-refractivity contribution is 5.94. The summed E-state index contributed by atoms with van der Waals surface area (Å²) in [4.78, 5) is 28.1. The third-order valence-electron chi connectivity index (χ3n) is 3.85. The number of amides is 1. The second-order valence-electron chi connectivity index (χ2n) is 6.04. The van der Waals surface area contributed by atoms with Crippen LogP contribution in [0.2, 0.25) is 0 Å². The molecule has 0 aliphatic rings. The summed E-state index contributed by atoms with van der Waals surface area (Å²) in [5, 5.41) is 2.65. The van der Waals surface area contributed by atoms with Crippen molar-refractivity contribution in [2.24, 2.45) is 0 Å². The molecule has 0 aliphatic heterocycles. The molecule has 2 aromatic carbocycles. The fourth-order valence-electron chi connectivity index (χ4n) is 2.61. The Kier molecular flexibility index (Phi) is 7.05. The van der Waals surface area contributed by atoms with Crippen molar-refractivity contribution in [2.75, 3.05) is 25.1 Å². The Morgan fingerprint density at radius 1 is 1.07 bits per heavy atom. The molecule has 0 fully saturated rings. The minimum Gasteiger partial charge on any atom is -0.490 e. The van der Waals surface area contributed by atoms with E-state index in [9.17, 15) is 9.59 Å². The van der Waals surface area contributed by atoms with Gasteiger partial charge in [0.2, 0.25) is 5.89 Å². The molecule has 1 N–H and O–H groups in total. The number of fused-ring (bicyclic) bond motifs is 1. The molecule has 3 rings (SSSR count). The van der Waals surface area contributed by atoms with Crippen LogP contribution in [0, 0.1) is 0 Å². The lowest BCUT2D eigenvalue weighted by Gasteiger charge is -2.13. The zero-order chi connectivity index (χ0) is 21.3. The molecule has 3 aromatic rings. The van der Waals surface area contributed by atoms with E-state index in [0.29, 0.717) is 41.5 Å². The van der Waals surface area contributed by atoms with Crippen molar-refractivity contribution in [1.29, 1.82) is 0 Å². The number of carbonyl (C=O) groups is 2. The highest BCUT2D eigenvalue weighted by Gasteiger charge is 2.10. The number of para-hydroxylation sites is 2. The molecule has 8 nitrogen and oxygen atoms in total. The Hall–Kier alpha value is -3.81. The van der Waals surface area contributed by atoms with E-state index in [0.717, 1.165) is 6.08 Å². The normalized spacial score (nSPS) is 10.9. The molecule has 0 radical (unpaired) electrons. The van der Waals surface area contributed by atoms with Crippen molar-refractivity contribution in [3.63, 3.8) is 0 Å². The first-order valence-corrected chi connectivity index (χ1v) is 9.49. The maximum atomic E-state index is 12.1. The molecule has 0 saturated heterocycles. The van der Waals surface area contributed by atoms with Gasteiger partial charge in [-0.25, -0.2) is 9.78 Å². The molecule has 1 aromatic heterocycles. The van der Waals surface area contributed by atoms with Crippen molar-refractivity contribution in [3.05, 3.63) is 54.4 Å². The van der Waals surface area contributed by atoms with Crippen molar-refractivity contribution < 1.29 is 28.2 Å². The number of aromatic nitrogens is 1. The molecule has 156 valence electrons. The lowest BCUT2D eigenvalue weighted by molar-refractivity contribution is -0.142. The van der Waals surface area contributed by atoms with Crippen LogP contribution in [0.25, 0.3) is 17.2 Å². The number of carbonyl (C=O) groups excluding carboxylic acids is 2. The fourth-order valence-corrected chi connectivity index (χ4v) is 2.61. The van der Waals surface area contributed by atoms with E-state index in [4.69, 9.17) is 18.6 Å². The number of oxazole rings is 1. The smallest absolute Gasteiger partial charge is 0.331 e. The van der Waals surface area contributed by atoms with Gasteiger partial charge in [-0.15, -0.1) is 0 Å². The average Bonchev–Trinajstić information content (AvgIpc) is 3.16. The van der Waals surface area contributed by atoms with Gasteiger partial charge in [0.25, 0.3) is 5.91 Å². The van der Waals surface area contributed by atoms with E-state index in [1.807, 2.05) is 26.0 Å². The van der Waals surface area contributed by atoms with Gasteiger partial charge in [-0.2, -0.15) is 0 Å². The van der Waals surface area contributed by atoms with Gasteiger partial charge in [-0.05, 0) is 38.1 Å². The maximum absolute atomic E-state index is 12.1. The van der Waals surface area contributed by atoms with Crippen LogP contribution in [0.3, 0.4) is 0 Å². The number of benzene rings is 2. The Balaban J connectivity index is 1.52. The van der Waals surface area contributed by atoms with Crippen molar-refractivity contribution in [3.8, 4) is 11.5 Å². The van der Waals surface area contributed by atoms with E-state index >= 15 is 0 Å². The fraction of sp³-hybridized carbons (Fsp3) is 0.227. The first kappa shape index (κ1) is 20.9. The molecule has 0 atom stereocenters. The largest absolute Gasteiger partial charge is 0.490 e. The summed E-state index contributed by atoms with van der Waals surface area (Å²) in [7, 11) is 0. The second kappa shape index (κ2) is 10.1. The van der Waals surface area contributed by atoms with Crippen LogP contribution in [-0.2, 0) is 14.3 Å². The second-order valence-corrected chi connectivity index (χ2v) is 6.04. The number of anilines is 1. The van der Waals surface area contributed by atoms with E-state index in [-0.39, 0.29) is 5.89 Å². The number of nitrogens with zero attached hydrogens (tertiary/aromatic N) is 1. The number of hydrogen-bond acceptors (Lipinski definition) is 7. The van der Waals surface area contributed by atoms with Gasteiger partial charge < -0.3 is 23.9 Å². The molecule has 8 heteroatoms. The highest BCUT2D eigenvalue weighted by Crippen LogP contribution is 2.30. The van der Waals surface area contributed by atoms with Crippen molar-refractivity contribution in [1.82, 2.24) is 4.98 Å². The molecule has 0 spiro atoms. The standard InChI is InChI=1S/C22H22N2O6/c1-3-27-18-10-9-15(13-19(18)28-4-2)23-20(25)14-29-22(26)12-11-21-24-16-7-5-6-8-17(16)30-21/h5-13H,3-4,14H2,1-2H3,(H,23,25)/b12-11+. The van der Waals surface area contributed by atoms with Crippen LogP contribution < -0.4 is 14.8 Å². The summed E-state index contributed by atoms with van der Waals surface area (Å²) in [5.41, 5.74) is 1.81. The lowest BCUT2D eigenvalue weighted by atomic mass is 10.2. The van der Waals surface area contributed by atoms with E-state index in [1.54, 1.807) is 30.3 Å². The van der Waals surface area contributed by atoms with Crippen LogP contribution >= 0.6 is 0 Å². The molecule has 0 saturated carbocycles. The van der Waals surface area contributed by atoms with Gasteiger partial charge in [-0.1, -0.05) is 12.1 Å². The van der Waals surface area contributed by atoms with E-state index in [1.165, 1.54) is 6.08 Å². The topological polar surface area (TPSA) is 99.9 Å². The Bertz CT molecular complexity index is 1020. The van der Waals surface area contributed by atoms with Gasteiger partial charge >= 0.3 is 5.97 Å². The van der Waals surface area contributed by atoms with E-state index in [2.05, 4.69) is 10.3 Å². The van der Waals surface area contributed by atoms with Gasteiger partial charge in [-0.3, -0.25) is 4.79 Å². The summed E-state index contributed by atoms with van der Waals surface area (Å²) in [6.07, 6.45) is 2.54. The van der Waals surface area contributed by atoms with Crippen LogP contribution in [0.1, 0.15) is 19.7 Å². The summed E-state index contributed by atoms with van der Waals surface area (Å²) < 4.78 is 21.4. The molecule has 0 unspecified atom stereocenters. The monoisotopic (exact) mass is 410 g/mol. The maximum Gasteiger partial charge on any atom is 0.331 e. The molecular weight excluding hydrogens is 388 g/mol. The van der Waals surface area contributed by atoms with Crippen LogP contribution in [0.15, 0.2) is 53.0 Å². The summed E-state index contributed by atoms with van der Waals surface area (Å²) in [6.45, 7) is 4.25. The predicted molar refractivity (Wildman–Crippen MR) is 111 cm³/mol. The number of hydrogen-bond donors (Lipinski definition) is 1. The van der Waals surface area contributed by atoms with Gasteiger partial charge in [0.05, 0.1) is 13.2 Å².